The fourth-order valence-corrected chi connectivity index (χ4v) is 1.70. The molecule has 1 amide bonds. The Balaban J connectivity index is 2.63. The van der Waals surface area contributed by atoms with Crippen LogP contribution in [-0.2, 0) is 4.74 Å². The number of thiocarbonyl (C=S) groups is 1. The average molecular weight is 294 g/mol. The van der Waals surface area contributed by atoms with E-state index in [-0.39, 0.29) is 11.0 Å². The molecule has 0 unspecified atom stereocenters. The van der Waals surface area contributed by atoms with E-state index in [0.29, 0.717) is 11.1 Å². The predicted molar refractivity (Wildman–Crippen MR) is 80.8 cm³/mol. The van der Waals surface area contributed by atoms with Gasteiger partial charge in [-0.25, -0.2) is 4.79 Å². The van der Waals surface area contributed by atoms with Crippen LogP contribution in [0.15, 0.2) is 24.3 Å². The topological polar surface area (TPSA) is 67.4 Å². The van der Waals surface area contributed by atoms with Gasteiger partial charge < -0.3 is 10.1 Å². The van der Waals surface area contributed by atoms with Gasteiger partial charge >= 0.3 is 5.97 Å². The molecule has 1 aromatic rings. The first-order valence-electron chi connectivity index (χ1n) is 6.36. The Kier molecular flexibility index (Phi) is 6.66. The number of unbranched alkanes of at least 4 members (excludes halogenated alkanes) is 1. The first-order chi connectivity index (χ1) is 9.58. The van der Waals surface area contributed by atoms with Gasteiger partial charge in [-0.15, -0.1) is 0 Å². The van der Waals surface area contributed by atoms with Gasteiger partial charge in [-0.3, -0.25) is 10.1 Å². The van der Waals surface area contributed by atoms with Crippen LogP contribution in [0, 0.1) is 0 Å². The molecule has 1 aromatic carbocycles. The van der Waals surface area contributed by atoms with Gasteiger partial charge in [0.15, 0.2) is 5.11 Å². The molecule has 0 aliphatic heterocycles. The summed E-state index contributed by atoms with van der Waals surface area (Å²) in [5.41, 5.74) is 0.678. The highest BCUT2D eigenvalue weighted by Crippen LogP contribution is 2.06. The van der Waals surface area contributed by atoms with E-state index in [0.717, 1.165) is 19.4 Å². The highest BCUT2D eigenvalue weighted by atomic mass is 32.1. The summed E-state index contributed by atoms with van der Waals surface area (Å²) in [7, 11) is 1.29. The summed E-state index contributed by atoms with van der Waals surface area (Å²) in [5, 5.41) is 5.79. The number of hydrogen-bond donors (Lipinski definition) is 2. The first-order valence-corrected chi connectivity index (χ1v) is 6.77. The van der Waals surface area contributed by atoms with Gasteiger partial charge in [-0.1, -0.05) is 19.4 Å². The molecular weight excluding hydrogens is 276 g/mol. The fourth-order valence-electron chi connectivity index (χ4n) is 1.50. The Bertz CT molecular complexity index is 503. The summed E-state index contributed by atoms with van der Waals surface area (Å²) in [5.74, 6) is -0.840. The van der Waals surface area contributed by atoms with E-state index in [9.17, 15) is 9.59 Å². The number of carbonyl (C=O) groups excluding carboxylic acids is 2. The number of benzene rings is 1. The Hall–Kier alpha value is -1.95. The van der Waals surface area contributed by atoms with E-state index in [4.69, 9.17) is 12.2 Å². The number of methoxy groups -OCH3 is 1. The van der Waals surface area contributed by atoms with Crippen LogP contribution < -0.4 is 10.6 Å². The van der Waals surface area contributed by atoms with Crippen LogP contribution in [0.3, 0.4) is 0 Å². The van der Waals surface area contributed by atoms with Crippen LogP contribution in [0.25, 0.3) is 0 Å². The van der Waals surface area contributed by atoms with E-state index >= 15 is 0 Å². The monoisotopic (exact) mass is 294 g/mol. The summed E-state index contributed by atoms with van der Waals surface area (Å²) >= 11 is 5.02. The highest BCUT2D eigenvalue weighted by molar-refractivity contribution is 7.80. The molecule has 0 spiro atoms. The number of carbonyl (C=O) groups is 2. The van der Waals surface area contributed by atoms with Crippen molar-refractivity contribution in [3.05, 3.63) is 35.4 Å². The van der Waals surface area contributed by atoms with E-state index in [1.54, 1.807) is 18.2 Å². The van der Waals surface area contributed by atoms with E-state index in [2.05, 4.69) is 22.3 Å². The van der Waals surface area contributed by atoms with Crippen molar-refractivity contribution in [3.63, 3.8) is 0 Å². The highest BCUT2D eigenvalue weighted by Gasteiger charge is 2.11. The molecule has 0 radical (unpaired) electrons. The summed E-state index contributed by atoms with van der Waals surface area (Å²) in [6.07, 6.45) is 2.03. The van der Waals surface area contributed by atoms with Crippen molar-refractivity contribution in [2.45, 2.75) is 19.8 Å². The molecule has 5 nitrogen and oxygen atoms in total. The number of rotatable bonds is 5. The molecule has 6 heteroatoms. The third-order valence-electron chi connectivity index (χ3n) is 2.59. The normalized spacial score (nSPS) is 9.70. The van der Waals surface area contributed by atoms with Crippen LogP contribution in [0.2, 0.25) is 0 Å². The lowest BCUT2D eigenvalue weighted by Gasteiger charge is -2.09. The van der Waals surface area contributed by atoms with Crippen LogP contribution in [0.1, 0.15) is 40.5 Å². The molecule has 0 aliphatic carbocycles. The molecule has 0 fully saturated rings. The van der Waals surface area contributed by atoms with Crippen molar-refractivity contribution in [2.24, 2.45) is 0 Å². The molecule has 0 atom stereocenters. The van der Waals surface area contributed by atoms with Gasteiger partial charge in [0.05, 0.1) is 12.7 Å². The van der Waals surface area contributed by atoms with Gasteiger partial charge in [0.2, 0.25) is 0 Å². The Morgan fingerprint density at radius 1 is 1.30 bits per heavy atom. The molecular formula is C14H18N2O3S. The molecule has 20 heavy (non-hydrogen) atoms. The van der Waals surface area contributed by atoms with Crippen molar-refractivity contribution < 1.29 is 14.3 Å². The molecule has 0 saturated carbocycles. The van der Waals surface area contributed by atoms with E-state index < -0.39 is 5.97 Å². The van der Waals surface area contributed by atoms with Gasteiger partial charge in [0.25, 0.3) is 5.91 Å². The lowest BCUT2D eigenvalue weighted by molar-refractivity contribution is 0.0600. The summed E-state index contributed by atoms with van der Waals surface area (Å²) in [4.78, 5) is 23.4. The number of hydrogen-bond acceptors (Lipinski definition) is 4. The zero-order chi connectivity index (χ0) is 15.0. The summed E-state index contributed by atoms with van der Waals surface area (Å²) < 4.78 is 4.61. The van der Waals surface area contributed by atoms with Crippen molar-refractivity contribution in [1.82, 2.24) is 10.6 Å². The molecule has 2 N–H and O–H groups in total. The lowest BCUT2D eigenvalue weighted by Crippen LogP contribution is -2.39. The molecule has 0 saturated heterocycles. The van der Waals surface area contributed by atoms with E-state index in [1.165, 1.54) is 13.2 Å². The van der Waals surface area contributed by atoms with Crippen LogP contribution in [-0.4, -0.2) is 30.6 Å². The van der Waals surface area contributed by atoms with Gasteiger partial charge in [-0.2, -0.15) is 0 Å². The van der Waals surface area contributed by atoms with Crippen molar-refractivity contribution in [1.29, 1.82) is 0 Å². The number of nitrogens with one attached hydrogen (secondary N) is 2. The quantitative estimate of drug-likeness (QED) is 0.493. The maximum atomic E-state index is 12.0. The number of ether oxygens (including phenoxy) is 1. The average Bonchev–Trinajstić information content (AvgIpc) is 2.46. The molecule has 0 aliphatic rings. The third kappa shape index (κ3) is 4.97. The minimum atomic E-state index is -0.483. The minimum Gasteiger partial charge on any atom is -0.465 e. The van der Waals surface area contributed by atoms with Crippen molar-refractivity contribution >= 4 is 29.2 Å². The zero-order valence-electron chi connectivity index (χ0n) is 11.6. The van der Waals surface area contributed by atoms with Crippen LogP contribution >= 0.6 is 12.2 Å². The predicted octanol–water partition coefficient (Wildman–Crippen LogP) is 1.88. The Morgan fingerprint density at radius 3 is 2.65 bits per heavy atom. The Labute approximate surface area is 123 Å². The zero-order valence-corrected chi connectivity index (χ0v) is 12.4. The fraction of sp³-hybridized carbons (Fsp3) is 0.357. The minimum absolute atomic E-state index is 0.284. The summed E-state index contributed by atoms with van der Waals surface area (Å²) in [6, 6.07) is 6.28. The largest absolute Gasteiger partial charge is 0.465 e. The smallest absolute Gasteiger partial charge is 0.337 e. The van der Waals surface area contributed by atoms with Gasteiger partial charge in [-0.05, 0) is 36.8 Å². The maximum absolute atomic E-state index is 12.0. The second-order valence-corrected chi connectivity index (χ2v) is 4.54. The molecule has 0 aromatic heterocycles. The molecule has 1 rings (SSSR count). The maximum Gasteiger partial charge on any atom is 0.337 e. The SMILES string of the molecule is CCCCNC(=S)NC(=O)c1cccc(C(=O)OC)c1. The third-order valence-corrected chi connectivity index (χ3v) is 2.84. The standard InChI is InChI=1S/C14H18N2O3S/c1-3-4-8-15-14(20)16-12(17)10-6-5-7-11(9-10)13(18)19-2/h5-7,9H,3-4,8H2,1-2H3,(H2,15,16,17,20). The number of esters is 1. The van der Waals surface area contributed by atoms with Gasteiger partial charge in [0, 0.05) is 12.1 Å². The van der Waals surface area contributed by atoms with Crippen LogP contribution in [0.5, 0.6) is 0 Å². The molecule has 0 heterocycles. The van der Waals surface area contributed by atoms with E-state index in [1.807, 2.05) is 0 Å². The number of amides is 1. The van der Waals surface area contributed by atoms with Gasteiger partial charge in [0.1, 0.15) is 0 Å². The Morgan fingerprint density at radius 2 is 2.00 bits per heavy atom. The second-order valence-electron chi connectivity index (χ2n) is 4.14. The van der Waals surface area contributed by atoms with Crippen molar-refractivity contribution in [3.8, 4) is 0 Å². The first kappa shape index (κ1) is 16.1. The summed E-state index contributed by atoms with van der Waals surface area (Å²) in [6.45, 7) is 2.79. The second kappa shape index (κ2) is 8.27. The molecule has 108 valence electrons. The molecule has 0 bridgehead atoms. The lowest BCUT2D eigenvalue weighted by atomic mass is 10.1. The van der Waals surface area contributed by atoms with Crippen LogP contribution in [0.4, 0.5) is 0 Å². The van der Waals surface area contributed by atoms with Crippen molar-refractivity contribution in [2.75, 3.05) is 13.7 Å².